The van der Waals surface area contributed by atoms with Crippen molar-refractivity contribution in [1.29, 1.82) is 0 Å². The summed E-state index contributed by atoms with van der Waals surface area (Å²) in [7, 11) is 1.57. The third kappa shape index (κ3) is 3.04. The molecule has 5 nitrogen and oxygen atoms in total. The minimum absolute atomic E-state index is 0.225. The van der Waals surface area contributed by atoms with E-state index in [2.05, 4.69) is 20.3 Å². The first-order chi connectivity index (χ1) is 7.31. The molecule has 1 fully saturated rings. The van der Waals surface area contributed by atoms with Crippen molar-refractivity contribution in [3.63, 3.8) is 0 Å². The Labute approximate surface area is 89.2 Å². The van der Waals surface area contributed by atoms with Gasteiger partial charge in [-0.1, -0.05) is 19.0 Å². The number of carbonyl (C=O) groups excluding carboxylic acids is 1. The van der Waals surface area contributed by atoms with E-state index >= 15 is 0 Å². The number of aromatic nitrogens is 2. The SMILES string of the molecule is CC.CNC(=O)c1nonc1CC1CC1. The van der Waals surface area contributed by atoms with Crippen molar-refractivity contribution in [2.24, 2.45) is 5.92 Å². The summed E-state index contributed by atoms with van der Waals surface area (Å²) in [5.41, 5.74) is 1.01. The Morgan fingerprint density at radius 3 is 2.67 bits per heavy atom. The maximum atomic E-state index is 11.2. The van der Waals surface area contributed by atoms with Crippen LogP contribution in [0.3, 0.4) is 0 Å². The highest BCUT2D eigenvalue weighted by atomic mass is 16.6. The summed E-state index contributed by atoms with van der Waals surface area (Å²) < 4.78 is 4.54. The number of carbonyl (C=O) groups is 1. The van der Waals surface area contributed by atoms with Gasteiger partial charge in [-0.25, -0.2) is 4.63 Å². The van der Waals surface area contributed by atoms with Gasteiger partial charge < -0.3 is 5.32 Å². The van der Waals surface area contributed by atoms with Crippen LogP contribution in [0, 0.1) is 5.92 Å². The van der Waals surface area contributed by atoms with Crippen molar-refractivity contribution in [3.05, 3.63) is 11.4 Å². The third-order valence-electron chi connectivity index (χ3n) is 2.18. The number of amides is 1. The first kappa shape index (κ1) is 11.7. The van der Waals surface area contributed by atoms with Gasteiger partial charge >= 0.3 is 0 Å². The van der Waals surface area contributed by atoms with Crippen molar-refractivity contribution >= 4 is 5.91 Å². The molecule has 1 aliphatic carbocycles. The summed E-state index contributed by atoms with van der Waals surface area (Å²) in [5.74, 6) is 0.451. The molecular formula is C10H17N3O2. The predicted molar refractivity (Wildman–Crippen MR) is 55.5 cm³/mol. The highest BCUT2D eigenvalue weighted by Crippen LogP contribution is 2.32. The Morgan fingerprint density at radius 2 is 2.13 bits per heavy atom. The molecule has 1 amide bonds. The molecule has 0 radical (unpaired) electrons. The zero-order chi connectivity index (χ0) is 11.3. The summed E-state index contributed by atoms with van der Waals surface area (Å²) in [6.45, 7) is 4.00. The minimum Gasteiger partial charge on any atom is -0.354 e. The maximum absolute atomic E-state index is 11.2. The van der Waals surface area contributed by atoms with Gasteiger partial charge in [0.25, 0.3) is 5.91 Å². The van der Waals surface area contributed by atoms with E-state index in [1.165, 1.54) is 12.8 Å². The fourth-order valence-electron chi connectivity index (χ4n) is 1.23. The second-order valence-electron chi connectivity index (χ2n) is 3.29. The van der Waals surface area contributed by atoms with Crippen LogP contribution in [0.4, 0.5) is 0 Å². The zero-order valence-electron chi connectivity index (χ0n) is 9.41. The third-order valence-corrected chi connectivity index (χ3v) is 2.18. The molecule has 2 rings (SSSR count). The standard InChI is InChI=1S/C8H11N3O2.C2H6/c1-9-8(12)7-6(10-13-11-7)4-5-2-3-5;1-2/h5H,2-4H2,1H3,(H,9,12);1-2H3. The molecule has 1 saturated carbocycles. The molecular weight excluding hydrogens is 194 g/mol. The van der Waals surface area contributed by atoms with Crippen LogP contribution in [-0.2, 0) is 6.42 Å². The number of nitrogens with zero attached hydrogens (tertiary/aromatic N) is 2. The monoisotopic (exact) mass is 211 g/mol. The molecule has 1 aromatic rings. The first-order valence-corrected chi connectivity index (χ1v) is 5.34. The molecule has 0 aromatic carbocycles. The van der Waals surface area contributed by atoms with Gasteiger partial charge in [-0.05, 0) is 30.3 Å². The van der Waals surface area contributed by atoms with Crippen LogP contribution < -0.4 is 5.32 Å². The highest BCUT2D eigenvalue weighted by Gasteiger charge is 2.26. The summed E-state index contributed by atoms with van der Waals surface area (Å²) in [5, 5.41) is 9.79. The smallest absolute Gasteiger partial charge is 0.275 e. The molecule has 5 heteroatoms. The van der Waals surface area contributed by atoms with Crippen LogP contribution in [0.2, 0.25) is 0 Å². The van der Waals surface area contributed by atoms with E-state index in [1.54, 1.807) is 7.05 Å². The lowest BCUT2D eigenvalue weighted by Gasteiger charge is -1.95. The molecule has 0 atom stereocenters. The van der Waals surface area contributed by atoms with Crippen molar-refractivity contribution in [3.8, 4) is 0 Å². The molecule has 1 N–H and O–H groups in total. The Bertz CT molecular complexity index is 318. The van der Waals surface area contributed by atoms with Gasteiger partial charge in [0.15, 0.2) is 5.69 Å². The lowest BCUT2D eigenvalue weighted by molar-refractivity contribution is 0.0952. The molecule has 15 heavy (non-hydrogen) atoms. The molecule has 0 unspecified atom stereocenters. The second-order valence-corrected chi connectivity index (χ2v) is 3.29. The fourth-order valence-corrected chi connectivity index (χ4v) is 1.23. The number of nitrogens with one attached hydrogen (secondary N) is 1. The van der Waals surface area contributed by atoms with Crippen molar-refractivity contribution in [2.75, 3.05) is 7.05 Å². The summed E-state index contributed by atoms with van der Waals surface area (Å²) >= 11 is 0. The summed E-state index contributed by atoms with van der Waals surface area (Å²) in [6.07, 6.45) is 3.26. The van der Waals surface area contributed by atoms with E-state index in [4.69, 9.17) is 0 Å². The number of hydrogen-bond donors (Lipinski definition) is 1. The minimum atomic E-state index is -0.225. The Hall–Kier alpha value is -1.39. The van der Waals surface area contributed by atoms with Gasteiger partial charge in [-0.15, -0.1) is 0 Å². The Kier molecular flexibility index (Phi) is 4.27. The van der Waals surface area contributed by atoms with Crippen LogP contribution in [0.1, 0.15) is 42.9 Å². The van der Waals surface area contributed by atoms with Crippen LogP contribution >= 0.6 is 0 Å². The van der Waals surface area contributed by atoms with Crippen molar-refractivity contribution in [1.82, 2.24) is 15.6 Å². The van der Waals surface area contributed by atoms with Crippen LogP contribution in [0.5, 0.6) is 0 Å². The van der Waals surface area contributed by atoms with Crippen LogP contribution in [-0.4, -0.2) is 23.3 Å². The van der Waals surface area contributed by atoms with Gasteiger partial charge in [0, 0.05) is 7.05 Å². The molecule has 1 aromatic heterocycles. The lowest BCUT2D eigenvalue weighted by Crippen LogP contribution is -2.20. The van der Waals surface area contributed by atoms with Crippen LogP contribution in [0.15, 0.2) is 4.63 Å². The average molecular weight is 211 g/mol. The van der Waals surface area contributed by atoms with E-state index in [1.807, 2.05) is 13.8 Å². The quantitative estimate of drug-likeness (QED) is 0.820. The average Bonchev–Trinajstić information content (AvgIpc) is 2.97. The van der Waals surface area contributed by atoms with E-state index in [0.717, 1.165) is 6.42 Å². The normalized spacial score (nSPS) is 14.1. The molecule has 0 saturated heterocycles. The molecule has 1 heterocycles. The number of rotatable bonds is 3. The summed E-state index contributed by atoms with van der Waals surface area (Å²) in [4.78, 5) is 11.2. The molecule has 0 spiro atoms. The van der Waals surface area contributed by atoms with Gasteiger partial charge in [0.1, 0.15) is 5.69 Å². The first-order valence-electron chi connectivity index (χ1n) is 5.34. The molecule has 0 aliphatic heterocycles. The molecule has 84 valence electrons. The fraction of sp³-hybridized carbons (Fsp3) is 0.700. The topological polar surface area (TPSA) is 68.0 Å². The second kappa shape index (κ2) is 5.48. The number of hydrogen-bond acceptors (Lipinski definition) is 4. The predicted octanol–water partition coefficient (Wildman–Crippen LogP) is 1.41. The Balaban J connectivity index is 0.000000531. The highest BCUT2D eigenvalue weighted by molar-refractivity contribution is 5.92. The van der Waals surface area contributed by atoms with Crippen molar-refractivity contribution < 1.29 is 9.42 Å². The van der Waals surface area contributed by atoms with E-state index < -0.39 is 0 Å². The van der Waals surface area contributed by atoms with Crippen molar-refractivity contribution in [2.45, 2.75) is 33.1 Å². The maximum Gasteiger partial charge on any atom is 0.275 e. The molecule has 0 bridgehead atoms. The zero-order valence-corrected chi connectivity index (χ0v) is 9.41. The van der Waals surface area contributed by atoms with Crippen LogP contribution in [0.25, 0.3) is 0 Å². The van der Waals surface area contributed by atoms with E-state index in [9.17, 15) is 4.79 Å². The van der Waals surface area contributed by atoms with Gasteiger partial charge in [-0.3, -0.25) is 4.79 Å². The van der Waals surface area contributed by atoms with E-state index in [-0.39, 0.29) is 5.91 Å². The molecule has 1 aliphatic rings. The van der Waals surface area contributed by atoms with E-state index in [0.29, 0.717) is 17.3 Å². The van der Waals surface area contributed by atoms with Gasteiger partial charge in [-0.2, -0.15) is 0 Å². The largest absolute Gasteiger partial charge is 0.354 e. The lowest BCUT2D eigenvalue weighted by atomic mass is 10.2. The summed E-state index contributed by atoms with van der Waals surface area (Å²) in [6, 6.07) is 0. The van der Waals surface area contributed by atoms with Gasteiger partial charge in [0.05, 0.1) is 0 Å². The van der Waals surface area contributed by atoms with Gasteiger partial charge in [0.2, 0.25) is 0 Å². The Morgan fingerprint density at radius 1 is 1.47 bits per heavy atom.